The summed E-state index contributed by atoms with van der Waals surface area (Å²) < 4.78 is 6.98. The zero-order chi connectivity index (χ0) is 19.0. The van der Waals surface area contributed by atoms with Crippen LogP contribution in [-0.2, 0) is 22.5 Å². The second-order valence-electron chi connectivity index (χ2n) is 7.01. The van der Waals surface area contributed by atoms with Gasteiger partial charge in [0.25, 0.3) is 11.5 Å². The molecular formula is C18H23N3O4S. The minimum Gasteiger partial charge on any atom is -0.448 e. The molecule has 3 heterocycles. The second-order valence-corrected chi connectivity index (χ2v) is 8.01. The van der Waals surface area contributed by atoms with Crippen molar-refractivity contribution in [2.24, 2.45) is 5.92 Å². The molecule has 1 N–H and O–H groups in total. The van der Waals surface area contributed by atoms with E-state index in [-0.39, 0.29) is 11.5 Å². The van der Waals surface area contributed by atoms with Crippen LogP contribution in [0.1, 0.15) is 48.3 Å². The summed E-state index contributed by atoms with van der Waals surface area (Å²) in [5.74, 6) is 0.156. The van der Waals surface area contributed by atoms with Gasteiger partial charge in [-0.3, -0.25) is 14.2 Å². The molecule has 2 aromatic rings. The van der Waals surface area contributed by atoms with Gasteiger partial charge in [-0.25, -0.2) is 9.78 Å². The van der Waals surface area contributed by atoms with E-state index in [1.54, 1.807) is 11.5 Å². The zero-order valence-electron chi connectivity index (χ0n) is 15.4. The van der Waals surface area contributed by atoms with Gasteiger partial charge in [-0.1, -0.05) is 13.8 Å². The molecule has 0 fully saturated rings. The van der Waals surface area contributed by atoms with E-state index in [0.29, 0.717) is 39.7 Å². The smallest absolute Gasteiger partial charge is 0.349 e. The molecule has 140 valence electrons. The van der Waals surface area contributed by atoms with Gasteiger partial charge in [0, 0.05) is 19.5 Å². The molecule has 0 radical (unpaired) electrons. The topological polar surface area (TPSA) is 90.3 Å². The summed E-state index contributed by atoms with van der Waals surface area (Å²) in [7, 11) is 0. The van der Waals surface area contributed by atoms with Crippen molar-refractivity contribution in [3.63, 3.8) is 0 Å². The van der Waals surface area contributed by atoms with E-state index < -0.39 is 12.1 Å². The first kappa shape index (κ1) is 18.6. The summed E-state index contributed by atoms with van der Waals surface area (Å²) in [4.78, 5) is 42.6. The number of nitrogens with zero attached hydrogens (tertiary/aromatic N) is 2. The van der Waals surface area contributed by atoms with E-state index in [9.17, 15) is 14.4 Å². The molecule has 2 aromatic heterocycles. The third-order valence-corrected chi connectivity index (χ3v) is 5.60. The summed E-state index contributed by atoms with van der Waals surface area (Å²) in [6.45, 7) is 8.43. The largest absolute Gasteiger partial charge is 0.448 e. The highest BCUT2D eigenvalue weighted by Gasteiger charge is 2.26. The summed E-state index contributed by atoms with van der Waals surface area (Å²) >= 11 is 1.15. The summed E-state index contributed by atoms with van der Waals surface area (Å²) in [5.41, 5.74) is 0.475. The first-order chi connectivity index (χ1) is 12.3. The van der Waals surface area contributed by atoms with Crippen molar-refractivity contribution in [1.29, 1.82) is 0 Å². The normalized spacial score (nSPS) is 14.5. The monoisotopic (exact) mass is 377 g/mol. The van der Waals surface area contributed by atoms with Crippen molar-refractivity contribution in [3.05, 3.63) is 26.6 Å². The fourth-order valence-corrected chi connectivity index (χ4v) is 4.06. The molecular weight excluding hydrogens is 354 g/mol. The van der Waals surface area contributed by atoms with Crippen molar-refractivity contribution in [1.82, 2.24) is 14.9 Å². The number of rotatable bonds is 5. The molecule has 8 heteroatoms. The molecule has 3 rings (SSSR count). The number of amides is 1. The van der Waals surface area contributed by atoms with Crippen LogP contribution in [0.2, 0.25) is 0 Å². The third-order valence-electron chi connectivity index (χ3n) is 4.43. The maximum absolute atomic E-state index is 12.7. The Morgan fingerprint density at radius 3 is 2.77 bits per heavy atom. The van der Waals surface area contributed by atoms with E-state index in [1.807, 2.05) is 13.8 Å². The summed E-state index contributed by atoms with van der Waals surface area (Å²) in [6, 6.07) is 0. The average Bonchev–Trinajstić information content (AvgIpc) is 3.17. The molecule has 1 aliphatic rings. The number of fused-ring (bicyclic) bond motifs is 2. The molecule has 0 spiro atoms. The molecule has 1 aliphatic heterocycles. The Morgan fingerprint density at radius 2 is 2.08 bits per heavy atom. The number of thiophene rings is 1. The van der Waals surface area contributed by atoms with Gasteiger partial charge in [0.1, 0.15) is 15.5 Å². The number of ether oxygens (including phenoxy) is 1. The number of aromatic nitrogens is 2. The highest BCUT2D eigenvalue weighted by Crippen LogP contribution is 2.29. The van der Waals surface area contributed by atoms with Crippen LogP contribution in [0.25, 0.3) is 10.2 Å². The summed E-state index contributed by atoms with van der Waals surface area (Å²) in [5, 5.41) is 3.22. The maximum Gasteiger partial charge on any atom is 0.349 e. The Bertz CT molecular complexity index is 929. The van der Waals surface area contributed by atoms with Crippen molar-refractivity contribution in [3.8, 4) is 0 Å². The van der Waals surface area contributed by atoms with Crippen molar-refractivity contribution < 1.29 is 14.3 Å². The molecule has 7 nitrogen and oxygen atoms in total. The SMILES string of the molecule is Cc1c(C(=O)O[C@H](C)C(=O)NCC(C)C)sc2nc3n(c(=O)c12)CCC3. The highest BCUT2D eigenvalue weighted by atomic mass is 32.1. The summed E-state index contributed by atoms with van der Waals surface area (Å²) in [6.07, 6.45) is 0.788. The molecule has 0 saturated carbocycles. The van der Waals surface area contributed by atoms with Crippen LogP contribution in [0.3, 0.4) is 0 Å². The van der Waals surface area contributed by atoms with E-state index in [1.165, 1.54) is 6.92 Å². The van der Waals surface area contributed by atoms with E-state index >= 15 is 0 Å². The molecule has 0 aromatic carbocycles. The standard InChI is InChI=1S/C18H23N3O4S/c1-9(2)8-19-15(22)11(4)25-18(24)14-10(3)13-16(26-14)20-12-6-5-7-21(12)17(13)23/h9,11H,5-8H2,1-4H3,(H,19,22)/t11-/m1/s1. The third kappa shape index (κ3) is 3.38. The van der Waals surface area contributed by atoms with E-state index in [4.69, 9.17) is 4.74 Å². The van der Waals surface area contributed by atoms with Crippen molar-refractivity contribution >= 4 is 33.4 Å². The molecule has 26 heavy (non-hydrogen) atoms. The Kier molecular flexibility index (Phi) is 5.13. The van der Waals surface area contributed by atoms with Gasteiger partial charge < -0.3 is 10.1 Å². The minimum absolute atomic E-state index is 0.0991. The molecule has 0 bridgehead atoms. The van der Waals surface area contributed by atoms with E-state index in [0.717, 1.165) is 30.0 Å². The average molecular weight is 377 g/mol. The van der Waals surface area contributed by atoms with Crippen LogP contribution in [0.5, 0.6) is 0 Å². The lowest BCUT2D eigenvalue weighted by Crippen LogP contribution is -2.37. The van der Waals surface area contributed by atoms with Crippen LogP contribution in [0.4, 0.5) is 0 Å². The lowest BCUT2D eigenvalue weighted by Gasteiger charge is -2.14. The maximum atomic E-state index is 12.7. The Labute approximate surface area is 155 Å². The van der Waals surface area contributed by atoms with Gasteiger partial charge in [0.05, 0.1) is 5.39 Å². The lowest BCUT2D eigenvalue weighted by molar-refractivity contribution is -0.129. The Morgan fingerprint density at radius 1 is 1.35 bits per heavy atom. The number of carbonyl (C=O) groups is 2. The highest BCUT2D eigenvalue weighted by molar-refractivity contribution is 7.20. The van der Waals surface area contributed by atoms with Crippen molar-refractivity contribution in [2.45, 2.75) is 53.2 Å². The van der Waals surface area contributed by atoms with Gasteiger partial charge in [-0.15, -0.1) is 11.3 Å². The number of aryl methyl sites for hydroxylation is 2. The van der Waals surface area contributed by atoms with Crippen molar-refractivity contribution in [2.75, 3.05) is 6.54 Å². The first-order valence-electron chi connectivity index (χ1n) is 8.81. The van der Waals surface area contributed by atoms with Gasteiger partial charge in [-0.05, 0) is 31.7 Å². The predicted octanol–water partition coefficient (Wildman–Crippen LogP) is 2.03. The molecule has 1 amide bonds. The minimum atomic E-state index is -0.898. The first-order valence-corrected chi connectivity index (χ1v) is 9.62. The number of esters is 1. The Balaban J connectivity index is 1.83. The molecule has 0 saturated heterocycles. The fourth-order valence-electron chi connectivity index (χ4n) is 2.99. The van der Waals surface area contributed by atoms with Crippen LogP contribution in [0, 0.1) is 12.8 Å². The van der Waals surface area contributed by atoms with E-state index in [2.05, 4.69) is 10.3 Å². The molecule has 1 atom stereocenters. The lowest BCUT2D eigenvalue weighted by atomic mass is 10.2. The van der Waals surface area contributed by atoms with Crippen LogP contribution < -0.4 is 10.9 Å². The molecule has 0 aliphatic carbocycles. The van der Waals surface area contributed by atoms with Gasteiger partial charge in [0.15, 0.2) is 6.10 Å². The zero-order valence-corrected chi connectivity index (χ0v) is 16.2. The van der Waals surface area contributed by atoms with Gasteiger partial charge in [0.2, 0.25) is 0 Å². The predicted molar refractivity (Wildman–Crippen MR) is 99.7 cm³/mol. The Hall–Kier alpha value is -2.22. The van der Waals surface area contributed by atoms with Crippen LogP contribution in [-0.4, -0.2) is 34.1 Å². The second kappa shape index (κ2) is 7.19. The number of hydrogen-bond acceptors (Lipinski definition) is 6. The van der Waals surface area contributed by atoms with Gasteiger partial charge >= 0.3 is 5.97 Å². The number of nitrogens with one attached hydrogen (secondary N) is 1. The van der Waals surface area contributed by atoms with Gasteiger partial charge in [-0.2, -0.15) is 0 Å². The fraction of sp³-hybridized carbons (Fsp3) is 0.556. The number of carbonyl (C=O) groups excluding carboxylic acids is 2. The van der Waals surface area contributed by atoms with Crippen LogP contribution in [0.15, 0.2) is 4.79 Å². The molecule has 0 unspecified atom stereocenters. The quantitative estimate of drug-likeness (QED) is 0.805. The number of hydrogen-bond donors (Lipinski definition) is 1. The van der Waals surface area contributed by atoms with Crippen LogP contribution >= 0.6 is 11.3 Å².